The molecule has 1 aliphatic rings. The lowest BCUT2D eigenvalue weighted by atomic mass is 10.2. The van der Waals surface area contributed by atoms with Gasteiger partial charge >= 0.3 is 0 Å². The van der Waals surface area contributed by atoms with Gasteiger partial charge in [0.25, 0.3) is 0 Å². The summed E-state index contributed by atoms with van der Waals surface area (Å²) in [7, 11) is 0. The average molecular weight is 258 g/mol. The highest BCUT2D eigenvalue weighted by molar-refractivity contribution is 5.78. The number of nitrogens with zero attached hydrogens (tertiary/aromatic N) is 1. The van der Waals surface area contributed by atoms with Crippen LogP contribution >= 0.6 is 0 Å². The molecule has 18 heavy (non-hydrogen) atoms. The first kappa shape index (κ1) is 15.4. The number of aliphatic hydroxyl groups is 1. The maximum atomic E-state index is 11.8. The quantitative estimate of drug-likeness (QED) is 0.693. The van der Waals surface area contributed by atoms with Crippen molar-refractivity contribution >= 4 is 5.91 Å². The number of aliphatic hydroxyl groups excluding tert-OH is 1. The fourth-order valence-electron chi connectivity index (χ4n) is 2.07. The molecule has 1 heterocycles. The summed E-state index contributed by atoms with van der Waals surface area (Å²) in [5.41, 5.74) is 0. The van der Waals surface area contributed by atoms with E-state index < -0.39 is 6.10 Å². The van der Waals surface area contributed by atoms with Crippen LogP contribution in [0.5, 0.6) is 0 Å². The molecular weight excluding hydrogens is 232 g/mol. The van der Waals surface area contributed by atoms with E-state index in [1.807, 2.05) is 18.7 Å². The molecule has 0 aromatic carbocycles. The highest BCUT2D eigenvalue weighted by Crippen LogP contribution is 2.10. The normalized spacial score (nSPS) is 21.6. The van der Waals surface area contributed by atoms with Gasteiger partial charge in [-0.1, -0.05) is 0 Å². The molecule has 1 fully saturated rings. The Morgan fingerprint density at radius 3 is 2.72 bits per heavy atom. The minimum atomic E-state index is -0.418. The van der Waals surface area contributed by atoms with Gasteiger partial charge < -0.3 is 15.2 Å². The molecule has 106 valence electrons. The minimum Gasteiger partial charge on any atom is -0.392 e. The molecule has 1 amide bonds. The van der Waals surface area contributed by atoms with Crippen molar-refractivity contribution in [1.29, 1.82) is 0 Å². The molecule has 0 bridgehead atoms. The molecule has 5 nitrogen and oxygen atoms in total. The summed E-state index contributed by atoms with van der Waals surface area (Å²) in [6.45, 7) is 8.03. The van der Waals surface area contributed by atoms with Gasteiger partial charge in [-0.3, -0.25) is 9.69 Å². The molecule has 2 N–H and O–H groups in total. The maximum Gasteiger partial charge on any atom is 0.234 e. The molecule has 0 aromatic rings. The highest BCUT2D eigenvalue weighted by atomic mass is 16.5. The average Bonchev–Trinajstić information content (AvgIpc) is 2.77. The third kappa shape index (κ3) is 5.80. The van der Waals surface area contributed by atoms with Gasteiger partial charge in [0.2, 0.25) is 5.91 Å². The van der Waals surface area contributed by atoms with Crippen LogP contribution < -0.4 is 5.32 Å². The Labute approximate surface area is 109 Å². The Bertz CT molecular complexity index is 251. The minimum absolute atomic E-state index is 0.000139. The summed E-state index contributed by atoms with van der Waals surface area (Å²) < 4.78 is 5.45. The predicted molar refractivity (Wildman–Crippen MR) is 70.4 cm³/mol. The first-order valence-corrected chi connectivity index (χ1v) is 6.79. The summed E-state index contributed by atoms with van der Waals surface area (Å²) >= 11 is 0. The summed E-state index contributed by atoms with van der Waals surface area (Å²) in [4.78, 5) is 13.8. The molecule has 0 saturated carbocycles. The summed E-state index contributed by atoms with van der Waals surface area (Å²) in [5.74, 6) is -0.000139. The topological polar surface area (TPSA) is 61.8 Å². The molecule has 2 unspecified atom stereocenters. The third-order valence-corrected chi connectivity index (χ3v) is 3.13. The molecule has 0 aliphatic carbocycles. The third-order valence-electron chi connectivity index (χ3n) is 3.13. The van der Waals surface area contributed by atoms with Crippen molar-refractivity contribution in [3.8, 4) is 0 Å². The molecule has 0 aromatic heterocycles. The second-order valence-corrected chi connectivity index (χ2v) is 5.31. The van der Waals surface area contributed by atoms with Crippen molar-refractivity contribution in [1.82, 2.24) is 10.2 Å². The fourth-order valence-corrected chi connectivity index (χ4v) is 2.07. The lowest BCUT2D eigenvalue weighted by Gasteiger charge is -2.27. The van der Waals surface area contributed by atoms with E-state index >= 15 is 0 Å². The number of carbonyl (C=O) groups is 1. The van der Waals surface area contributed by atoms with Gasteiger partial charge in [-0.15, -0.1) is 0 Å². The zero-order valence-corrected chi connectivity index (χ0v) is 11.7. The smallest absolute Gasteiger partial charge is 0.234 e. The van der Waals surface area contributed by atoms with E-state index in [-0.39, 0.29) is 18.1 Å². The van der Waals surface area contributed by atoms with E-state index in [1.54, 1.807) is 6.92 Å². The fraction of sp³-hybridized carbons (Fsp3) is 0.923. The number of carbonyl (C=O) groups excluding carboxylic acids is 1. The van der Waals surface area contributed by atoms with E-state index in [9.17, 15) is 9.90 Å². The van der Waals surface area contributed by atoms with Crippen molar-refractivity contribution in [3.63, 3.8) is 0 Å². The van der Waals surface area contributed by atoms with Gasteiger partial charge in [0.1, 0.15) is 0 Å². The molecular formula is C13H26N2O3. The van der Waals surface area contributed by atoms with E-state index in [1.165, 1.54) is 0 Å². The zero-order valence-electron chi connectivity index (χ0n) is 11.7. The first-order valence-electron chi connectivity index (χ1n) is 6.79. The van der Waals surface area contributed by atoms with Crippen LogP contribution in [-0.4, -0.2) is 60.4 Å². The number of rotatable bonds is 7. The van der Waals surface area contributed by atoms with Crippen molar-refractivity contribution < 1.29 is 14.6 Å². The Kier molecular flexibility index (Phi) is 6.60. The summed E-state index contributed by atoms with van der Waals surface area (Å²) in [6.07, 6.45) is 1.87. The van der Waals surface area contributed by atoms with Crippen LogP contribution in [-0.2, 0) is 9.53 Å². The summed E-state index contributed by atoms with van der Waals surface area (Å²) in [5, 5.41) is 12.3. The van der Waals surface area contributed by atoms with Gasteiger partial charge in [0.05, 0.1) is 18.8 Å². The van der Waals surface area contributed by atoms with Gasteiger partial charge in [-0.2, -0.15) is 0 Å². The van der Waals surface area contributed by atoms with Crippen LogP contribution in [0, 0.1) is 0 Å². The zero-order chi connectivity index (χ0) is 13.5. The molecule has 1 rings (SSSR count). The molecule has 0 spiro atoms. The molecule has 1 saturated heterocycles. The van der Waals surface area contributed by atoms with Crippen LogP contribution in [0.25, 0.3) is 0 Å². The van der Waals surface area contributed by atoms with Crippen LogP contribution in [0.2, 0.25) is 0 Å². The predicted octanol–water partition coefficient (Wildman–Crippen LogP) is 0.373. The SMILES string of the molecule is CC(O)CN(CC(=O)NCC1CCCO1)C(C)C. The second-order valence-electron chi connectivity index (χ2n) is 5.31. The molecule has 2 atom stereocenters. The highest BCUT2D eigenvalue weighted by Gasteiger charge is 2.19. The van der Waals surface area contributed by atoms with Crippen LogP contribution in [0.15, 0.2) is 0 Å². The largest absolute Gasteiger partial charge is 0.392 e. The Morgan fingerprint density at radius 2 is 2.22 bits per heavy atom. The monoisotopic (exact) mass is 258 g/mol. The van der Waals surface area contributed by atoms with E-state index in [0.717, 1.165) is 19.4 Å². The Balaban J connectivity index is 2.26. The lowest BCUT2D eigenvalue weighted by molar-refractivity contribution is -0.123. The van der Waals surface area contributed by atoms with Crippen LogP contribution in [0.3, 0.4) is 0 Å². The van der Waals surface area contributed by atoms with E-state index in [2.05, 4.69) is 5.32 Å². The number of nitrogens with one attached hydrogen (secondary N) is 1. The number of hydrogen-bond donors (Lipinski definition) is 2. The van der Waals surface area contributed by atoms with Gasteiger partial charge in [0, 0.05) is 25.7 Å². The van der Waals surface area contributed by atoms with Crippen molar-refractivity contribution in [2.75, 3.05) is 26.2 Å². The summed E-state index contributed by atoms with van der Waals surface area (Å²) in [6, 6.07) is 0.244. The van der Waals surface area contributed by atoms with E-state index in [0.29, 0.717) is 19.6 Å². The standard InChI is InChI=1S/C13H26N2O3/c1-10(2)15(8-11(3)16)9-13(17)14-7-12-5-4-6-18-12/h10-12,16H,4-9H2,1-3H3,(H,14,17). The molecule has 1 aliphatic heterocycles. The molecule has 0 radical (unpaired) electrons. The number of ether oxygens (including phenoxy) is 1. The van der Waals surface area contributed by atoms with E-state index in [4.69, 9.17) is 4.74 Å². The first-order chi connectivity index (χ1) is 8.49. The maximum absolute atomic E-state index is 11.8. The Hall–Kier alpha value is -0.650. The van der Waals surface area contributed by atoms with Gasteiger partial charge in [-0.25, -0.2) is 0 Å². The Morgan fingerprint density at radius 1 is 1.50 bits per heavy atom. The number of hydrogen-bond acceptors (Lipinski definition) is 4. The van der Waals surface area contributed by atoms with Crippen LogP contribution in [0.4, 0.5) is 0 Å². The van der Waals surface area contributed by atoms with Crippen LogP contribution in [0.1, 0.15) is 33.6 Å². The van der Waals surface area contributed by atoms with Crippen molar-refractivity contribution in [2.45, 2.75) is 51.9 Å². The second kappa shape index (κ2) is 7.71. The van der Waals surface area contributed by atoms with Crippen molar-refractivity contribution in [3.05, 3.63) is 0 Å². The van der Waals surface area contributed by atoms with Gasteiger partial charge in [0.15, 0.2) is 0 Å². The van der Waals surface area contributed by atoms with Gasteiger partial charge in [-0.05, 0) is 33.6 Å². The van der Waals surface area contributed by atoms with Crippen molar-refractivity contribution in [2.24, 2.45) is 0 Å². The number of amides is 1. The molecule has 5 heteroatoms. The lowest BCUT2D eigenvalue weighted by Crippen LogP contribution is -2.45.